The molecule has 0 spiro atoms. The standard InChI is InChI=1S/C13H18N4O3S/c1-21(19,20)16-7-3-6-15-13(18)11-8-9-4-2-5-10(14)12(9)17-11/h2,4-5,8,16-17H,3,6-7,14H2,1H3,(H,15,18). The van der Waals surface area contributed by atoms with Crippen molar-refractivity contribution in [1.29, 1.82) is 0 Å². The van der Waals surface area contributed by atoms with Crippen LogP contribution in [0.1, 0.15) is 16.9 Å². The maximum absolute atomic E-state index is 12.0. The Balaban J connectivity index is 1.89. The minimum Gasteiger partial charge on any atom is -0.397 e. The van der Waals surface area contributed by atoms with Gasteiger partial charge in [-0.3, -0.25) is 4.79 Å². The molecule has 2 aromatic rings. The second-order valence-electron chi connectivity index (χ2n) is 4.77. The highest BCUT2D eigenvalue weighted by Gasteiger charge is 2.10. The molecule has 0 bridgehead atoms. The third kappa shape index (κ3) is 4.20. The molecule has 8 heteroatoms. The van der Waals surface area contributed by atoms with Gasteiger partial charge >= 0.3 is 0 Å². The van der Waals surface area contributed by atoms with Crippen molar-refractivity contribution >= 4 is 32.5 Å². The number of hydrogen-bond donors (Lipinski definition) is 4. The zero-order valence-corrected chi connectivity index (χ0v) is 12.5. The molecule has 0 aliphatic carbocycles. The number of sulfonamides is 1. The molecule has 114 valence electrons. The van der Waals surface area contributed by atoms with Crippen LogP contribution in [0.25, 0.3) is 10.9 Å². The fraction of sp³-hybridized carbons (Fsp3) is 0.308. The van der Waals surface area contributed by atoms with Gasteiger partial charge in [0.1, 0.15) is 5.69 Å². The molecule has 0 aliphatic rings. The van der Waals surface area contributed by atoms with Crippen molar-refractivity contribution in [1.82, 2.24) is 15.0 Å². The van der Waals surface area contributed by atoms with E-state index in [1.807, 2.05) is 12.1 Å². The zero-order chi connectivity index (χ0) is 15.5. The van der Waals surface area contributed by atoms with Gasteiger partial charge in [0.25, 0.3) is 5.91 Å². The van der Waals surface area contributed by atoms with E-state index in [1.165, 1.54) is 0 Å². The van der Waals surface area contributed by atoms with E-state index in [-0.39, 0.29) is 5.91 Å². The smallest absolute Gasteiger partial charge is 0.267 e. The van der Waals surface area contributed by atoms with Crippen molar-refractivity contribution in [3.8, 4) is 0 Å². The predicted octanol–water partition coefficient (Wildman–Crippen LogP) is 0.419. The molecule has 1 amide bonds. The van der Waals surface area contributed by atoms with E-state index in [0.29, 0.717) is 30.9 Å². The first-order valence-electron chi connectivity index (χ1n) is 6.47. The number of hydrogen-bond acceptors (Lipinski definition) is 4. The molecule has 0 fully saturated rings. The first-order valence-corrected chi connectivity index (χ1v) is 8.36. The summed E-state index contributed by atoms with van der Waals surface area (Å²) in [6, 6.07) is 7.19. The molecule has 5 N–H and O–H groups in total. The van der Waals surface area contributed by atoms with Crippen LogP contribution in [0.4, 0.5) is 5.69 Å². The van der Waals surface area contributed by atoms with Crippen LogP contribution in [0.15, 0.2) is 24.3 Å². The maximum Gasteiger partial charge on any atom is 0.267 e. The number of nitrogens with two attached hydrogens (primary N) is 1. The van der Waals surface area contributed by atoms with Gasteiger partial charge in [0, 0.05) is 18.5 Å². The Kier molecular flexibility index (Phi) is 4.49. The number of amides is 1. The number of rotatable bonds is 6. The van der Waals surface area contributed by atoms with Crippen LogP contribution in [0, 0.1) is 0 Å². The normalized spacial score (nSPS) is 11.7. The summed E-state index contributed by atoms with van der Waals surface area (Å²) in [6.45, 7) is 0.672. The number of fused-ring (bicyclic) bond motifs is 1. The van der Waals surface area contributed by atoms with E-state index in [1.54, 1.807) is 12.1 Å². The van der Waals surface area contributed by atoms with Crippen LogP contribution < -0.4 is 15.8 Å². The number of carbonyl (C=O) groups excluding carboxylic acids is 1. The van der Waals surface area contributed by atoms with Crippen molar-refractivity contribution in [2.75, 3.05) is 25.1 Å². The van der Waals surface area contributed by atoms with Crippen molar-refractivity contribution in [2.45, 2.75) is 6.42 Å². The molecule has 1 aromatic carbocycles. The van der Waals surface area contributed by atoms with Crippen LogP contribution in [-0.4, -0.2) is 38.7 Å². The van der Waals surface area contributed by atoms with Crippen molar-refractivity contribution in [3.63, 3.8) is 0 Å². The van der Waals surface area contributed by atoms with Gasteiger partial charge in [-0.25, -0.2) is 13.1 Å². The topological polar surface area (TPSA) is 117 Å². The first-order chi connectivity index (χ1) is 9.87. The minimum atomic E-state index is -3.18. The highest BCUT2D eigenvalue weighted by atomic mass is 32.2. The molecule has 0 saturated heterocycles. The maximum atomic E-state index is 12.0. The summed E-state index contributed by atoms with van der Waals surface area (Å²) >= 11 is 0. The SMILES string of the molecule is CS(=O)(=O)NCCCNC(=O)c1cc2cccc(N)c2[nH]1. The third-order valence-corrected chi connectivity index (χ3v) is 3.66. The summed E-state index contributed by atoms with van der Waals surface area (Å²) in [5, 5.41) is 3.59. The number of carbonyl (C=O) groups is 1. The molecule has 0 saturated carbocycles. The molecular formula is C13H18N4O3S. The largest absolute Gasteiger partial charge is 0.397 e. The molecule has 7 nitrogen and oxygen atoms in total. The summed E-state index contributed by atoms with van der Waals surface area (Å²) in [5.74, 6) is -0.245. The fourth-order valence-corrected chi connectivity index (χ4v) is 2.46. The monoisotopic (exact) mass is 310 g/mol. The lowest BCUT2D eigenvalue weighted by Gasteiger charge is -2.04. The number of aromatic nitrogens is 1. The highest BCUT2D eigenvalue weighted by Crippen LogP contribution is 2.20. The summed E-state index contributed by atoms with van der Waals surface area (Å²) in [6.07, 6.45) is 1.61. The van der Waals surface area contributed by atoms with E-state index in [0.717, 1.165) is 17.2 Å². The lowest BCUT2D eigenvalue weighted by molar-refractivity contribution is 0.0949. The van der Waals surface area contributed by atoms with Crippen LogP contribution in [0.3, 0.4) is 0 Å². The molecule has 1 aromatic heterocycles. The predicted molar refractivity (Wildman–Crippen MR) is 82.5 cm³/mol. The van der Waals surface area contributed by atoms with Gasteiger partial charge in [-0.15, -0.1) is 0 Å². The van der Waals surface area contributed by atoms with Crippen molar-refractivity contribution in [2.24, 2.45) is 0 Å². The Morgan fingerprint density at radius 2 is 2.10 bits per heavy atom. The molecule has 0 atom stereocenters. The zero-order valence-electron chi connectivity index (χ0n) is 11.6. The second kappa shape index (κ2) is 6.15. The average Bonchev–Trinajstić information content (AvgIpc) is 2.82. The van der Waals surface area contributed by atoms with Gasteiger partial charge in [-0.2, -0.15) is 0 Å². The van der Waals surface area contributed by atoms with Gasteiger partial charge in [-0.1, -0.05) is 12.1 Å². The summed E-state index contributed by atoms with van der Waals surface area (Å²) in [5.41, 5.74) is 7.58. The second-order valence-corrected chi connectivity index (χ2v) is 6.60. The molecule has 0 aliphatic heterocycles. The fourth-order valence-electron chi connectivity index (χ4n) is 1.95. The van der Waals surface area contributed by atoms with Gasteiger partial charge in [0.05, 0.1) is 17.5 Å². The number of benzene rings is 1. The molecule has 2 rings (SSSR count). The number of H-pyrrole nitrogens is 1. The van der Waals surface area contributed by atoms with Gasteiger partial charge < -0.3 is 16.0 Å². The van der Waals surface area contributed by atoms with E-state index >= 15 is 0 Å². The average molecular weight is 310 g/mol. The summed E-state index contributed by atoms with van der Waals surface area (Å²) < 4.78 is 24.1. The van der Waals surface area contributed by atoms with E-state index < -0.39 is 10.0 Å². The van der Waals surface area contributed by atoms with Gasteiger partial charge in [-0.05, 0) is 18.6 Å². The number of para-hydroxylation sites is 1. The lowest BCUT2D eigenvalue weighted by atomic mass is 10.2. The van der Waals surface area contributed by atoms with Crippen molar-refractivity contribution < 1.29 is 13.2 Å². The third-order valence-electron chi connectivity index (χ3n) is 2.94. The number of anilines is 1. The Labute approximate surface area is 123 Å². The lowest BCUT2D eigenvalue weighted by Crippen LogP contribution is -2.29. The quantitative estimate of drug-likeness (QED) is 0.457. The Hall–Kier alpha value is -2.06. The Bertz CT molecular complexity index is 752. The molecular weight excluding hydrogens is 292 g/mol. The van der Waals surface area contributed by atoms with Crippen LogP contribution in [-0.2, 0) is 10.0 Å². The van der Waals surface area contributed by atoms with E-state index in [4.69, 9.17) is 5.73 Å². The highest BCUT2D eigenvalue weighted by molar-refractivity contribution is 7.88. The van der Waals surface area contributed by atoms with E-state index in [9.17, 15) is 13.2 Å². The van der Waals surface area contributed by atoms with Gasteiger partial charge in [0.2, 0.25) is 10.0 Å². The number of nitrogens with one attached hydrogen (secondary N) is 3. The van der Waals surface area contributed by atoms with Gasteiger partial charge in [0.15, 0.2) is 0 Å². The molecule has 1 heterocycles. The summed E-state index contributed by atoms with van der Waals surface area (Å²) in [4.78, 5) is 14.9. The van der Waals surface area contributed by atoms with E-state index in [2.05, 4.69) is 15.0 Å². The van der Waals surface area contributed by atoms with Crippen LogP contribution in [0.5, 0.6) is 0 Å². The minimum absolute atomic E-state index is 0.245. The Morgan fingerprint density at radius 3 is 2.76 bits per heavy atom. The summed E-state index contributed by atoms with van der Waals surface area (Å²) in [7, 11) is -3.18. The Morgan fingerprint density at radius 1 is 1.33 bits per heavy atom. The van der Waals surface area contributed by atoms with Crippen LogP contribution >= 0.6 is 0 Å². The van der Waals surface area contributed by atoms with Crippen LogP contribution in [0.2, 0.25) is 0 Å². The number of nitrogen functional groups attached to an aromatic ring is 1. The molecule has 0 radical (unpaired) electrons. The molecule has 21 heavy (non-hydrogen) atoms. The van der Waals surface area contributed by atoms with Crippen molar-refractivity contribution in [3.05, 3.63) is 30.0 Å². The molecule has 0 unspecified atom stereocenters. The first kappa shape index (κ1) is 15.3. The number of aromatic amines is 1.